The Hall–Kier alpha value is -2.49. The topological polar surface area (TPSA) is 50.4 Å². The number of hydrogen-bond acceptors (Lipinski definition) is 3. The molecule has 4 nitrogen and oxygen atoms in total. The van der Waals surface area contributed by atoms with Gasteiger partial charge in [0.1, 0.15) is 5.75 Å². The summed E-state index contributed by atoms with van der Waals surface area (Å²) in [5, 5.41) is 6.16. The number of anilines is 2. The van der Waals surface area contributed by atoms with Gasteiger partial charge in [-0.25, -0.2) is 0 Å². The molecule has 0 atom stereocenters. The summed E-state index contributed by atoms with van der Waals surface area (Å²) in [4.78, 5) is 11.1. The number of rotatable bonds is 4. The summed E-state index contributed by atoms with van der Waals surface area (Å²) >= 11 is 0. The summed E-state index contributed by atoms with van der Waals surface area (Å²) < 4.78 is 5.51. The molecule has 1 heterocycles. The molecule has 2 aromatic carbocycles. The second-order valence-corrected chi connectivity index (χ2v) is 5.16. The average molecular weight is 282 g/mol. The second kappa shape index (κ2) is 5.87. The van der Waals surface area contributed by atoms with Gasteiger partial charge in [-0.15, -0.1) is 0 Å². The zero-order valence-corrected chi connectivity index (χ0v) is 12.0. The van der Waals surface area contributed by atoms with Crippen LogP contribution in [0.2, 0.25) is 0 Å². The van der Waals surface area contributed by atoms with Crippen molar-refractivity contribution < 1.29 is 9.53 Å². The van der Waals surface area contributed by atoms with Crippen LogP contribution >= 0.6 is 0 Å². The third-order valence-corrected chi connectivity index (χ3v) is 3.43. The first kappa shape index (κ1) is 13.5. The normalized spacial score (nSPS) is 12.4. The number of benzene rings is 2. The van der Waals surface area contributed by atoms with Crippen LogP contribution < -0.4 is 15.4 Å². The highest BCUT2D eigenvalue weighted by Gasteiger charge is 2.11. The summed E-state index contributed by atoms with van der Waals surface area (Å²) in [6, 6.07) is 14.0. The molecule has 0 radical (unpaired) electrons. The molecule has 21 heavy (non-hydrogen) atoms. The first-order chi connectivity index (χ1) is 10.2. The fourth-order valence-corrected chi connectivity index (χ4v) is 2.46. The smallest absolute Gasteiger partial charge is 0.221 e. The number of carbonyl (C=O) groups is 1. The Morgan fingerprint density at radius 2 is 2.05 bits per heavy atom. The van der Waals surface area contributed by atoms with Gasteiger partial charge in [0.25, 0.3) is 0 Å². The molecule has 1 aliphatic rings. The standard InChI is InChI=1S/C17H18N2O2/c1-12(20)19-16-4-2-3-15(10-16)18-11-13-5-6-17-14(9-13)7-8-21-17/h2-6,9-10,18H,7-8,11H2,1H3,(H,19,20). The van der Waals surface area contributed by atoms with Gasteiger partial charge in [0.15, 0.2) is 0 Å². The van der Waals surface area contributed by atoms with Crippen LogP contribution in [-0.2, 0) is 17.8 Å². The number of carbonyl (C=O) groups excluding carboxylic acids is 1. The maximum atomic E-state index is 11.1. The molecule has 0 spiro atoms. The zero-order valence-electron chi connectivity index (χ0n) is 12.0. The molecule has 1 amide bonds. The first-order valence-corrected chi connectivity index (χ1v) is 7.07. The van der Waals surface area contributed by atoms with Gasteiger partial charge in [-0.05, 0) is 35.4 Å². The molecule has 2 N–H and O–H groups in total. The Balaban J connectivity index is 1.66. The summed E-state index contributed by atoms with van der Waals surface area (Å²) in [6.07, 6.45) is 0.987. The molecule has 3 rings (SSSR count). The van der Waals surface area contributed by atoms with Gasteiger partial charge in [-0.3, -0.25) is 4.79 Å². The monoisotopic (exact) mass is 282 g/mol. The maximum Gasteiger partial charge on any atom is 0.221 e. The molecule has 0 aromatic heterocycles. The van der Waals surface area contributed by atoms with Gasteiger partial charge in [-0.2, -0.15) is 0 Å². The lowest BCUT2D eigenvalue weighted by Gasteiger charge is -2.09. The van der Waals surface area contributed by atoms with Crippen LogP contribution in [0.1, 0.15) is 18.1 Å². The van der Waals surface area contributed by atoms with Gasteiger partial charge in [-0.1, -0.05) is 18.2 Å². The van der Waals surface area contributed by atoms with E-state index in [1.807, 2.05) is 30.3 Å². The summed E-state index contributed by atoms with van der Waals surface area (Å²) in [6.45, 7) is 3.04. The number of hydrogen-bond donors (Lipinski definition) is 2. The molecule has 1 aliphatic heterocycles. The molecule has 0 fully saturated rings. The van der Waals surface area contributed by atoms with Crippen LogP contribution in [0.15, 0.2) is 42.5 Å². The highest BCUT2D eigenvalue weighted by atomic mass is 16.5. The Bertz CT molecular complexity index is 668. The molecule has 4 heteroatoms. The van der Waals surface area contributed by atoms with Crippen LogP contribution in [0.5, 0.6) is 5.75 Å². The van der Waals surface area contributed by atoms with Crippen molar-refractivity contribution in [1.29, 1.82) is 0 Å². The summed E-state index contributed by atoms with van der Waals surface area (Å²) in [7, 11) is 0. The number of amides is 1. The van der Waals surface area contributed by atoms with E-state index in [0.29, 0.717) is 0 Å². The van der Waals surface area contributed by atoms with Crippen LogP contribution in [-0.4, -0.2) is 12.5 Å². The van der Waals surface area contributed by atoms with Crippen LogP contribution in [0.3, 0.4) is 0 Å². The molecule has 2 aromatic rings. The van der Waals surface area contributed by atoms with E-state index in [1.165, 1.54) is 18.1 Å². The number of fused-ring (bicyclic) bond motifs is 1. The minimum Gasteiger partial charge on any atom is -0.493 e. The average Bonchev–Trinajstić information content (AvgIpc) is 2.92. The largest absolute Gasteiger partial charge is 0.493 e. The van der Waals surface area contributed by atoms with Crippen molar-refractivity contribution in [1.82, 2.24) is 0 Å². The summed E-state index contributed by atoms with van der Waals surface area (Å²) in [5.41, 5.74) is 4.29. The highest BCUT2D eigenvalue weighted by Crippen LogP contribution is 2.26. The van der Waals surface area contributed by atoms with Gasteiger partial charge >= 0.3 is 0 Å². The maximum absolute atomic E-state index is 11.1. The number of nitrogens with one attached hydrogen (secondary N) is 2. The predicted molar refractivity (Wildman–Crippen MR) is 83.7 cm³/mol. The molecule has 108 valence electrons. The molecule has 0 aliphatic carbocycles. The Morgan fingerprint density at radius 3 is 2.90 bits per heavy atom. The van der Waals surface area contributed by atoms with Crippen molar-refractivity contribution in [3.05, 3.63) is 53.6 Å². The van der Waals surface area contributed by atoms with E-state index in [2.05, 4.69) is 22.8 Å². The molecule has 0 unspecified atom stereocenters. The van der Waals surface area contributed by atoms with Gasteiger partial charge in [0.05, 0.1) is 6.61 Å². The lowest BCUT2D eigenvalue weighted by molar-refractivity contribution is -0.114. The highest BCUT2D eigenvalue weighted by molar-refractivity contribution is 5.89. The lowest BCUT2D eigenvalue weighted by Crippen LogP contribution is -2.06. The van der Waals surface area contributed by atoms with Gasteiger partial charge < -0.3 is 15.4 Å². The Morgan fingerprint density at radius 1 is 1.19 bits per heavy atom. The van der Waals surface area contributed by atoms with E-state index in [9.17, 15) is 4.79 Å². The van der Waals surface area contributed by atoms with E-state index >= 15 is 0 Å². The van der Waals surface area contributed by atoms with Gasteiger partial charge in [0.2, 0.25) is 5.91 Å². The van der Waals surface area contributed by atoms with Crippen molar-refractivity contribution >= 4 is 17.3 Å². The van der Waals surface area contributed by atoms with Gasteiger partial charge in [0, 0.05) is 31.3 Å². The molecule has 0 saturated heterocycles. The van der Waals surface area contributed by atoms with E-state index in [4.69, 9.17) is 4.74 Å². The van der Waals surface area contributed by atoms with E-state index in [0.717, 1.165) is 36.7 Å². The SMILES string of the molecule is CC(=O)Nc1cccc(NCc2ccc3c(c2)CCO3)c1. The molecule has 0 saturated carbocycles. The predicted octanol–water partition coefficient (Wildman–Crippen LogP) is 3.19. The van der Waals surface area contributed by atoms with Crippen LogP contribution in [0.25, 0.3) is 0 Å². The second-order valence-electron chi connectivity index (χ2n) is 5.16. The third kappa shape index (κ3) is 3.34. The van der Waals surface area contributed by atoms with Crippen molar-refractivity contribution in [3.8, 4) is 5.75 Å². The molecular formula is C17H18N2O2. The minimum atomic E-state index is -0.0641. The molecular weight excluding hydrogens is 264 g/mol. The fraction of sp³-hybridized carbons (Fsp3) is 0.235. The Kier molecular flexibility index (Phi) is 3.77. The summed E-state index contributed by atoms with van der Waals surface area (Å²) in [5.74, 6) is 0.942. The molecule has 0 bridgehead atoms. The van der Waals surface area contributed by atoms with E-state index in [-0.39, 0.29) is 5.91 Å². The minimum absolute atomic E-state index is 0.0641. The van der Waals surface area contributed by atoms with Crippen molar-refractivity contribution in [2.75, 3.05) is 17.2 Å². The Labute approximate surface area is 124 Å². The quantitative estimate of drug-likeness (QED) is 0.905. The van der Waals surface area contributed by atoms with E-state index in [1.54, 1.807) is 0 Å². The zero-order chi connectivity index (χ0) is 14.7. The van der Waals surface area contributed by atoms with Crippen molar-refractivity contribution in [3.63, 3.8) is 0 Å². The van der Waals surface area contributed by atoms with Crippen LogP contribution in [0, 0.1) is 0 Å². The van der Waals surface area contributed by atoms with E-state index < -0.39 is 0 Å². The lowest BCUT2D eigenvalue weighted by atomic mass is 10.1. The fourth-order valence-electron chi connectivity index (χ4n) is 2.46. The van der Waals surface area contributed by atoms with Crippen molar-refractivity contribution in [2.24, 2.45) is 0 Å². The van der Waals surface area contributed by atoms with Crippen molar-refractivity contribution in [2.45, 2.75) is 19.9 Å². The first-order valence-electron chi connectivity index (χ1n) is 7.07. The third-order valence-electron chi connectivity index (χ3n) is 3.43. The number of ether oxygens (including phenoxy) is 1. The van der Waals surface area contributed by atoms with Crippen LogP contribution in [0.4, 0.5) is 11.4 Å².